The van der Waals surface area contributed by atoms with E-state index in [1.807, 2.05) is 0 Å². The van der Waals surface area contributed by atoms with E-state index in [-0.39, 0.29) is 34.2 Å². The number of aromatic nitrogens is 2. The van der Waals surface area contributed by atoms with Crippen molar-refractivity contribution in [2.24, 2.45) is 5.16 Å². The van der Waals surface area contributed by atoms with Crippen LogP contribution < -0.4 is 10.2 Å². The Balaban J connectivity index is 1.51. The molecule has 1 N–H and O–H groups in total. The van der Waals surface area contributed by atoms with Crippen LogP contribution in [0.4, 0.5) is 11.6 Å². The van der Waals surface area contributed by atoms with Gasteiger partial charge in [0.25, 0.3) is 5.91 Å². The number of ether oxygens (including phenoxy) is 1. The first-order valence-electron chi connectivity index (χ1n) is 12.4. The number of amides is 2. The third kappa shape index (κ3) is 6.89. The Hall–Kier alpha value is -3.38. The second-order valence-electron chi connectivity index (χ2n) is 9.00. The molecule has 0 spiro atoms. The van der Waals surface area contributed by atoms with Gasteiger partial charge in [-0.05, 0) is 50.7 Å². The molecule has 0 unspecified atom stereocenters. The number of sulfone groups is 1. The zero-order valence-electron chi connectivity index (χ0n) is 20.8. The Morgan fingerprint density at radius 2 is 1.89 bits per heavy atom. The number of rotatable bonds is 11. The summed E-state index contributed by atoms with van der Waals surface area (Å²) < 4.78 is 30.1. The van der Waals surface area contributed by atoms with E-state index in [4.69, 9.17) is 9.57 Å². The van der Waals surface area contributed by atoms with Crippen LogP contribution in [-0.2, 0) is 29.0 Å². The number of benzene rings is 1. The number of hydrogen-bond acceptors (Lipinski definition) is 9. The Bertz CT molecular complexity index is 1230. The summed E-state index contributed by atoms with van der Waals surface area (Å²) >= 11 is 0. The van der Waals surface area contributed by atoms with Crippen LogP contribution in [-0.4, -0.2) is 68.0 Å². The number of carbonyl (C=O) groups excluding carboxylic acids is 2. The van der Waals surface area contributed by atoms with E-state index in [0.717, 1.165) is 32.1 Å². The lowest BCUT2D eigenvalue weighted by Crippen LogP contribution is -2.27. The summed E-state index contributed by atoms with van der Waals surface area (Å²) in [5, 5.41) is 6.82. The third-order valence-corrected chi connectivity index (χ3v) is 8.11. The second kappa shape index (κ2) is 12.2. The molecule has 2 aliphatic rings. The topological polar surface area (TPSA) is 140 Å². The fraction of sp³-hybridized carbons (Fsp3) is 0.480. The highest BCUT2D eigenvalue weighted by atomic mass is 32.2. The number of methoxy groups -OCH3 is 1. The van der Waals surface area contributed by atoms with Crippen LogP contribution in [0.15, 0.2) is 46.7 Å². The molecule has 4 rings (SSSR count). The van der Waals surface area contributed by atoms with E-state index in [0.29, 0.717) is 37.4 Å². The van der Waals surface area contributed by atoms with E-state index < -0.39 is 15.7 Å². The second-order valence-corrected chi connectivity index (χ2v) is 11.1. The highest BCUT2D eigenvalue weighted by Gasteiger charge is 2.24. The smallest absolute Gasteiger partial charge is 0.279 e. The first kappa shape index (κ1) is 26.7. The van der Waals surface area contributed by atoms with Crippen molar-refractivity contribution in [2.75, 3.05) is 36.2 Å². The molecule has 0 radical (unpaired) electrons. The molecule has 0 bridgehead atoms. The zero-order valence-corrected chi connectivity index (χ0v) is 21.6. The minimum absolute atomic E-state index is 0.00386. The maximum atomic E-state index is 13.2. The number of anilines is 2. The van der Waals surface area contributed by atoms with Crippen LogP contribution in [0.3, 0.4) is 0 Å². The highest BCUT2D eigenvalue weighted by Crippen LogP contribution is 2.22. The predicted molar refractivity (Wildman–Crippen MR) is 137 cm³/mol. The van der Waals surface area contributed by atoms with E-state index in [2.05, 4.69) is 20.4 Å². The van der Waals surface area contributed by atoms with Gasteiger partial charge in [-0.25, -0.2) is 18.4 Å². The molecule has 37 heavy (non-hydrogen) atoms. The zero-order chi connectivity index (χ0) is 26.3. The molecule has 1 saturated heterocycles. The first-order valence-corrected chi connectivity index (χ1v) is 14.0. The van der Waals surface area contributed by atoms with Gasteiger partial charge in [-0.2, -0.15) is 0 Å². The first-order chi connectivity index (χ1) is 17.9. The van der Waals surface area contributed by atoms with Crippen molar-refractivity contribution in [3.63, 3.8) is 0 Å². The monoisotopic (exact) mass is 529 g/mol. The largest absolute Gasteiger partial charge is 0.392 e. The molecule has 1 aromatic heterocycles. The fourth-order valence-electron chi connectivity index (χ4n) is 4.27. The summed E-state index contributed by atoms with van der Waals surface area (Å²) in [6.45, 7) is 0.942. The molecule has 11 nitrogen and oxygen atoms in total. The van der Waals surface area contributed by atoms with Crippen LogP contribution in [0.25, 0.3) is 0 Å². The Labute approximate surface area is 216 Å². The number of oxime groups is 1. The van der Waals surface area contributed by atoms with E-state index in [1.165, 1.54) is 43.8 Å². The van der Waals surface area contributed by atoms with Crippen LogP contribution in [0.1, 0.15) is 50.5 Å². The minimum Gasteiger partial charge on any atom is -0.392 e. The number of nitrogens with zero attached hydrogens (tertiary/aromatic N) is 4. The molecule has 198 valence electrons. The molecule has 2 heterocycles. The summed E-state index contributed by atoms with van der Waals surface area (Å²) in [6, 6.07) is 5.98. The summed E-state index contributed by atoms with van der Waals surface area (Å²) in [5.41, 5.74) is 0.398. The van der Waals surface area contributed by atoms with Gasteiger partial charge < -0.3 is 14.9 Å². The number of carbonyl (C=O) groups is 2. The van der Waals surface area contributed by atoms with Gasteiger partial charge >= 0.3 is 0 Å². The van der Waals surface area contributed by atoms with Gasteiger partial charge in [0.15, 0.2) is 27.2 Å². The molecule has 1 aliphatic carbocycles. The summed E-state index contributed by atoms with van der Waals surface area (Å²) in [4.78, 5) is 41.0. The Morgan fingerprint density at radius 3 is 2.51 bits per heavy atom. The Kier molecular flexibility index (Phi) is 8.82. The minimum atomic E-state index is -3.48. The molecule has 12 heteroatoms. The third-order valence-electron chi connectivity index (χ3n) is 6.29. The van der Waals surface area contributed by atoms with Crippen molar-refractivity contribution >= 4 is 39.0 Å². The van der Waals surface area contributed by atoms with Gasteiger partial charge in [-0.3, -0.25) is 14.5 Å². The van der Waals surface area contributed by atoms with Gasteiger partial charge in [-0.1, -0.05) is 17.3 Å². The van der Waals surface area contributed by atoms with Crippen LogP contribution >= 0.6 is 0 Å². The van der Waals surface area contributed by atoms with Crippen LogP contribution in [0.5, 0.6) is 0 Å². The molecule has 2 amide bonds. The Morgan fingerprint density at radius 1 is 1.14 bits per heavy atom. The van der Waals surface area contributed by atoms with Crippen molar-refractivity contribution in [3.05, 3.63) is 42.2 Å². The summed E-state index contributed by atoms with van der Waals surface area (Å²) in [7, 11) is -1.96. The maximum absolute atomic E-state index is 13.2. The van der Waals surface area contributed by atoms with Crippen molar-refractivity contribution in [3.8, 4) is 0 Å². The summed E-state index contributed by atoms with van der Waals surface area (Å²) in [5.74, 6) is -0.00123. The van der Waals surface area contributed by atoms with Gasteiger partial charge in [0.1, 0.15) is 6.10 Å². The van der Waals surface area contributed by atoms with Crippen molar-refractivity contribution < 1.29 is 27.6 Å². The van der Waals surface area contributed by atoms with Crippen molar-refractivity contribution in [1.82, 2.24) is 9.97 Å². The lowest BCUT2D eigenvalue weighted by Gasteiger charge is -2.14. The maximum Gasteiger partial charge on any atom is 0.279 e. The molecule has 0 atom stereocenters. The molecule has 1 aromatic carbocycles. The van der Waals surface area contributed by atoms with E-state index >= 15 is 0 Å². The summed E-state index contributed by atoms with van der Waals surface area (Å²) in [6.07, 6.45) is 8.19. The normalized spacial score (nSPS) is 16.8. The van der Waals surface area contributed by atoms with Gasteiger partial charge in [0.2, 0.25) is 5.91 Å². The molecule has 2 fully saturated rings. The lowest BCUT2D eigenvalue weighted by molar-refractivity contribution is -0.117. The number of hydrogen-bond donors (Lipinski definition) is 1. The molecule has 1 saturated carbocycles. The predicted octanol–water partition coefficient (Wildman–Crippen LogP) is 2.72. The van der Waals surface area contributed by atoms with Gasteiger partial charge in [0, 0.05) is 32.2 Å². The van der Waals surface area contributed by atoms with E-state index in [9.17, 15) is 18.0 Å². The molecular weight excluding hydrogens is 498 g/mol. The number of nitrogens with one attached hydrogen (secondary N) is 1. The molecular formula is C25H31N5O6S. The molecule has 1 aliphatic heterocycles. The molecule has 2 aromatic rings. The lowest BCUT2D eigenvalue weighted by atomic mass is 10.1. The highest BCUT2D eigenvalue weighted by molar-refractivity contribution is 7.91. The van der Waals surface area contributed by atoms with Crippen LogP contribution in [0, 0.1) is 0 Å². The standard InChI is InChI=1S/C25H31N5O6S/c1-35-14-5-15-37(33,34)20-11-9-18(10-12-20)24(29-36-19-6-2-3-7-19)25(32)28-21-16-27-22(17-26-21)30-13-4-8-23(30)31/h9-12,16-17,19H,2-8,13-15H2,1H3,(H,26,28,32)/b29-24+. The average Bonchev–Trinajstić information content (AvgIpc) is 3.57. The van der Waals surface area contributed by atoms with Gasteiger partial charge in [0.05, 0.1) is 23.0 Å². The average molecular weight is 530 g/mol. The van der Waals surface area contributed by atoms with Crippen LogP contribution in [0.2, 0.25) is 0 Å². The fourth-order valence-corrected chi connectivity index (χ4v) is 5.55. The quantitative estimate of drug-likeness (QED) is 0.266. The van der Waals surface area contributed by atoms with E-state index in [1.54, 1.807) is 4.90 Å². The SMILES string of the molecule is COCCCS(=O)(=O)c1ccc(/C(=N\OC2CCCC2)C(=O)Nc2cnc(N3CCCC3=O)cn2)cc1. The van der Waals surface area contributed by atoms with Crippen molar-refractivity contribution in [1.29, 1.82) is 0 Å². The van der Waals surface area contributed by atoms with Crippen molar-refractivity contribution in [2.45, 2.75) is 55.9 Å². The van der Waals surface area contributed by atoms with Gasteiger partial charge in [-0.15, -0.1) is 0 Å².